The Bertz CT molecular complexity index is 986. The fourth-order valence-corrected chi connectivity index (χ4v) is 2.75. The van der Waals surface area contributed by atoms with Crippen molar-refractivity contribution in [2.45, 2.75) is 6.54 Å². The first kappa shape index (κ1) is 15.9. The molecule has 24 heavy (non-hydrogen) atoms. The number of nitro benzene ring substituents is 1. The Kier molecular flexibility index (Phi) is 4.18. The Hall–Kier alpha value is -2.93. The minimum Gasteiger partial charge on any atom is -0.365 e. The van der Waals surface area contributed by atoms with Gasteiger partial charge in [-0.05, 0) is 23.8 Å². The lowest BCUT2D eigenvalue weighted by atomic mass is 10.1. The van der Waals surface area contributed by atoms with Gasteiger partial charge >= 0.3 is 0 Å². The molecule has 1 heterocycles. The summed E-state index contributed by atoms with van der Waals surface area (Å²) in [7, 11) is 1.74. The summed E-state index contributed by atoms with van der Waals surface area (Å²) < 4.78 is 0. The minimum atomic E-state index is -0.504. The number of anilines is 1. The van der Waals surface area contributed by atoms with E-state index in [1.54, 1.807) is 30.1 Å². The summed E-state index contributed by atoms with van der Waals surface area (Å²) in [5, 5.41) is 12.2. The zero-order valence-electron chi connectivity index (χ0n) is 12.7. The van der Waals surface area contributed by atoms with Gasteiger partial charge in [-0.25, -0.2) is 4.98 Å². The van der Waals surface area contributed by atoms with E-state index in [4.69, 9.17) is 11.6 Å². The summed E-state index contributed by atoms with van der Waals surface area (Å²) in [4.78, 5) is 31.0. The van der Waals surface area contributed by atoms with Gasteiger partial charge in [0.05, 0.1) is 22.2 Å². The number of rotatable bonds is 4. The summed E-state index contributed by atoms with van der Waals surface area (Å²) in [6, 6.07) is 10.1. The molecule has 0 aliphatic rings. The molecule has 0 unspecified atom stereocenters. The van der Waals surface area contributed by atoms with Gasteiger partial charge in [0, 0.05) is 24.7 Å². The zero-order valence-corrected chi connectivity index (χ0v) is 13.4. The first-order valence-corrected chi connectivity index (χ1v) is 7.45. The number of halogens is 1. The van der Waals surface area contributed by atoms with E-state index in [0.717, 1.165) is 5.56 Å². The van der Waals surface area contributed by atoms with Crippen molar-refractivity contribution >= 4 is 33.9 Å². The molecule has 0 saturated heterocycles. The van der Waals surface area contributed by atoms with Gasteiger partial charge < -0.3 is 9.88 Å². The molecule has 7 nitrogen and oxygen atoms in total. The molecular formula is C16H13ClN4O3. The van der Waals surface area contributed by atoms with E-state index < -0.39 is 10.5 Å². The van der Waals surface area contributed by atoms with E-state index in [0.29, 0.717) is 22.8 Å². The lowest BCUT2D eigenvalue weighted by Gasteiger charge is -2.19. The number of fused-ring (bicyclic) bond motifs is 1. The summed E-state index contributed by atoms with van der Waals surface area (Å²) in [5.74, 6) is 0. The van der Waals surface area contributed by atoms with Crippen LogP contribution in [0.1, 0.15) is 5.56 Å². The third-order valence-electron chi connectivity index (χ3n) is 3.65. The highest BCUT2D eigenvalue weighted by atomic mass is 35.5. The molecule has 0 aliphatic heterocycles. The van der Waals surface area contributed by atoms with Crippen molar-refractivity contribution in [2.24, 2.45) is 0 Å². The molecule has 0 spiro atoms. The van der Waals surface area contributed by atoms with Gasteiger partial charge in [0.2, 0.25) is 0 Å². The lowest BCUT2D eigenvalue weighted by Crippen LogP contribution is -2.18. The van der Waals surface area contributed by atoms with Crippen LogP contribution in [-0.2, 0) is 6.54 Å². The van der Waals surface area contributed by atoms with Crippen molar-refractivity contribution in [2.75, 3.05) is 11.9 Å². The maximum Gasteiger partial charge on any atom is 0.293 e. The first-order valence-electron chi connectivity index (χ1n) is 7.07. The van der Waals surface area contributed by atoms with Gasteiger partial charge in [0.1, 0.15) is 5.69 Å². The fraction of sp³-hybridized carbons (Fsp3) is 0.125. The van der Waals surface area contributed by atoms with Crippen molar-refractivity contribution in [3.05, 3.63) is 73.8 Å². The molecule has 0 bridgehead atoms. The van der Waals surface area contributed by atoms with Gasteiger partial charge in [-0.1, -0.05) is 23.7 Å². The maximum absolute atomic E-state index is 11.8. The maximum atomic E-state index is 11.8. The van der Waals surface area contributed by atoms with Gasteiger partial charge in [-0.15, -0.1) is 0 Å². The standard InChI is InChI=1S/C16H13ClN4O3/c1-20(8-10-3-2-4-11(17)5-10)14-7-13-12(6-15(14)21(23)24)16(22)19-9-18-13/h2-7,9H,8H2,1H3,(H,18,19,22). The fourth-order valence-electron chi connectivity index (χ4n) is 2.54. The van der Waals surface area contributed by atoms with Crippen LogP contribution in [0.3, 0.4) is 0 Å². The van der Waals surface area contributed by atoms with E-state index in [1.807, 2.05) is 12.1 Å². The Labute approximate surface area is 141 Å². The van der Waals surface area contributed by atoms with Crippen molar-refractivity contribution in [1.29, 1.82) is 0 Å². The van der Waals surface area contributed by atoms with Crippen LogP contribution in [0.4, 0.5) is 11.4 Å². The van der Waals surface area contributed by atoms with E-state index in [9.17, 15) is 14.9 Å². The molecule has 0 aliphatic carbocycles. The first-order chi connectivity index (χ1) is 11.5. The number of hydrogen-bond donors (Lipinski definition) is 1. The van der Waals surface area contributed by atoms with Crippen LogP contribution < -0.4 is 10.5 Å². The van der Waals surface area contributed by atoms with Crippen molar-refractivity contribution in [3.63, 3.8) is 0 Å². The summed E-state index contributed by atoms with van der Waals surface area (Å²) in [6.45, 7) is 0.427. The normalized spacial score (nSPS) is 10.8. The molecule has 0 amide bonds. The average molecular weight is 345 g/mol. The van der Waals surface area contributed by atoms with Gasteiger partial charge in [0.15, 0.2) is 0 Å². The molecule has 1 aromatic heterocycles. The number of nitrogens with zero attached hydrogens (tertiary/aromatic N) is 3. The number of benzene rings is 2. The second kappa shape index (κ2) is 6.29. The zero-order chi connectivity index (χ0) is 17.3. The molecule has 8 heteroatoms. The van der Waals surface area contributed by atoms with E-state index >= 15 is 0 Å². The molecule has 1 N–H and O–H groups in total. The van der Waals surface area contributed by atoms with Gasteiger partial charge in [-0.3, -0.25) is 14.9 Å². The van der Waals surface area contributed by atoms with Crippen LogP contribution in [-0.4, -0.2) is 21.9 Å². The van der Waals surface area contributed by atoms with Crippen LogP contribution in [0.15, 0.2) is 47.5 Å². The Morgan fingerprint density at radius 3 is 2.83 bits per heavy atom. The molecule has 0 saturated carbocycles. The van der Waals surface area contributed by atoms with Crippen LogP contribution in [0.5, 0.6) is 0 Å². The molecular weight excluding hydrogens is 332 g/mol. The average Bonchev–Trinajstić information content (AvgIpc) is 2.54. The molecule has 0 atom stereocenters. The van der Waals surface area contributed by atoms with Crippen molar-refractivity contribution < 1.29 is 4.92 Å². The summed E-state index contributed by atoms with van der Waals surface area (Å²) in [5.41, 5.74) is 1.14. The quantitative estimate of drug-likeness (QED) is 0.580. The van der Waals surface area contributed by atoms with E-state index in [1.165, 1.54) is 12.4 Å². The highest BCUT2D eigenvalue weighted by molar-refractivity contribution is 6.30. The third-order valence-corrected chi connectivity index (χ3v) is 3.89. The van der Waals surface area contributed by atoms with E-state index in [2.05, 4.69) is 9.97 Å². The van der Waals surface area contributed by atoms with Crippen LogP contribution >= 0.6 is 11.6 Å². The van der Waals surface area contributed by atoms with Gasteiger partial charge in [0.25, 0.3) is 11.2 Å². The molecule has 0 fully saturated rings. The highest BCUT2D eigenvalue weighted by Gasteiger charge is 2.20. The second-order valence-corrected chi connectivity index (χ2v) is 5.77. The number of hydrogen-bond acceptors (Lipinski definition) is 5. The van der Waals surface area contributed by atoms with Crippen molar-refractivity contribution in [1.82, 2.24) is 9.97 Å². The summed E-state index contributed by atoms with van der Waals surface area (Å²) in [6.07, 6.45) is 1.28. The third kappa shape index (κ3) is 3.07. The largest absolute Gasteiger partial charge is 0.365 e. The number of nitro groups is 1. The SMILES string of the molecule is CN(Cc1cccc(Cl)c1)c1cc2nc[nH]c(=O)c2cc1[N+](=O)[O-]. The monoisotopic (exact) mass is 344 g/mol. The van der Waals surface area contributed by atoms with Crippen LogP contribution in [0.2, 0.25) is 5.02 Å². The highest BCUT2D eigenvalue weighted by Crippen LogP contribution is 2.31. The number of nitrogens with one attached hydrogen (secondary N) is 1. The molecule has 3 aromatic rings. The molecule has 2 aromatic carbocycles. The van der Waals surface area contributed by atoms with Gasteiger partial charge in [-0.2, -0.15) is 0 Å². The molecule has 3 rings (SSSR count). The predicted molar refractivity (Wildman–Crippen MR) is 92.6 cm³/mol. The molecule has 0 radical (unpaired) electrons. The topological polar surface area (TPSA) is 92.1 Å². The molecule has 122 valence electrons. The lowest BCUT2D eigenvalue weighted by molar-refractivity contribution is -0.384. The van der Waals surface area contributed by atoms with Crippen LogP contribution in [0, 0.1) is 10.1 Å². The number of H-pyrrole nitrogens is 1. The predicted octanol–water partition coefficient (Wildman–Crippen LogP) is 3.12. The Morgan fingerprint density at radius 2 is 2.12 bits per heavy atom. The Balaban J connectivity index is 2.08. The van der Waals surface area contributed by atoms with E-state index in [-0.39, 0.29) is 11.1 Å². The number of aromatic nitrogens is 2. The minimum absolute atomic E-state index is 0.148. The Morgan fingerprint density at radius 1 is 1.33 bits per heavy atom. The summed E-state index contributed by atoms with van der Waals surface area (Å²) >= 11 is 5.98. The smallest absolute Gasteiger partial charge is 0.293 e. The number of aromatic amines is 1. The van der Waals surface area contributed by atoms with Crippen LogP contribution in [0.25, 0.3) is 10.9 Å². The second-order valence-electron chi connectivity index (χ2n) is 5.33. The van der Waals surface area contributed by atoms with Crippen molar-refractivity contribution in [3.8, 4) is 0 Å².